The van der Waals surface area contributed by atoms with Crippen molar-refractivity contribution in [2.75, 3.05) is 6.61 Å². The van der Waals surface area contributed by atoms with Gasteiger partial charge >= 0.3 is 0 Å². The summed E-state index contributed by atoms with van der Waals surface area (Å²) in [7, 11) is 0. The summed E-state index contributed by atoms with van der Waals surface area (Å²) in [5.41, 5.74) is 2.95. The first-order valence-corrected chi connectivity index (χ1v) is 4.64. The second kappa shape index (κ2) is 2.33. The molecule has 0 spiro atoms. The van der Waals surface area contributed by atoms with Gasteiger partial charge in [-0.1, -0.05) is 24.3 Å². The van der Waals surface area contributed by atoms with Crippen molar-refractivity contribution in [1.29, 1.82) is 0 Å². The average Bonchev–Trinajstić information content (AvgIpc) is 2.62. The number of hydrogen-bond donors (Lipinski definition) is 0. The van der Waals surface area contributed by atoms with Crippen LogP contribution >= 0.6 is 0 Å². The Morgan fingerprint density at radius 1 is 1.25 bits per heavy atom. The first kappa shape index (κ1) is 6.67. The molecule has 1 aromatic carbocycles. The van der Waals surface area contributed by atoms with Crippen molar-refractivity contribution in [3.63, 3.8) is 0 Å². The molecule has 1 fully saturated rings. The van der Waals surface area contributed by atoms with E-state index in [1.165, 1.54) is 24.0 Å². The molecule has 0 bridgehead atoms. The lowest BCUT2D eigenvalue weighted by Crippen LogP contribution is -1.98. The van der Waals surface area contributed by atoms with Crippen LogP contribution in [0.2, 0.25) is 0 Å². The molecule has 1 heteroatoms. The first-order chi connectivity index (χ1) is 5.95. The summed E-state index contributed by atoms with van der Waals surface area (Å²) in [5, 5.41) is 0. The van der Waals surface area contributed by atoms with Gasteiger partial charge < -0.3 is 4.74 Å². The number of ether oxygens (including phenoxy) is 1. The Morgan fingerprint density at radius 3 is 3.17 bits per heavy atom. The van der Waals surface area contributed by atoms with Gasteiger partial charge in [-0.3, -0.25) is 0 Å². The monoisotopic (exact) mass is 160 g/mol. The Kier molecular flexibility index (Phi) is 1.30. The minimum Gasteiger partial charge on any atom is -0.373 e. The van der Waals surface area contributed by atoms with Crippen LogP contribution in [0.1, 0.15) is 23.7 Å². The highest BCUT2D eigenvalue weighted by atomic mass is 16.5. The number of fused-ring (bicyclic) bond motifs is 3. The highest BCUT2D eigenvalue weighted by Crippen LogP contribution is 2.44. The van der Waals surface area contributed by atoms with Crippen molar-refractivity contribution in [3.8, 4) is 0 Å². The molecule has 1 heterocycles. The van der Waals surface area contributed by atoms with Crippen molar-refractivity contribution >= 4 is 0 Å². The van der Waals surface area contributed by atoms with Gasteiger partial charge in [-0.25, -0.2) is 0 Å². The fraction of sp³-hybridized carbons (Fsp3) is 0.455. The maximum absolute atomic E-state index is 5.70. The Bertz CT molecular complexity index is 306. The van der Waals surface area contributed by atoms with Crippen LogP contribution in [0.3, 0.4) is 0 Å². The summed E-state index contributed by atoms with van der Waals surface area (Å²) >= 11 is 0. The Morgan fingerprint density at radius 2 is 2.17 bits per heavy atom. The van der Waals surface area contributed by atoms with Gasteiger partial charge in [0.2, 0.25) is 0 Å². The van der Waals surface area contributed by atoms with E-state index >= 15 is 0 Å². The zero-order chi connectivity index (χ0) is 7.97. The van der Waals surface area contributed by atoms with Crippen LogP contribution in [-0.2, 0) is 11.2 Å². The van der Waals surface area contributed by atoms with Gasteiger partial charge in [-0.2, -0.15) is 0 Å². The molecule has 1 saturated heterocycles. The van der Waals surface area contributed by atoms with E-state index in [4.69, 9.17) is 4.74 Å². The quantitative estimate of drug-likeness (QED) is 0.566. The molecule has 3 rings (SSSR count). The van der Waals surface area contributed by atoms with Crippen LogP contribution in [0, 0.1) is 5.92 Å². The van der Waals surface area contributed by atoms with E-state index in [9.17, 15) is 0 Å². The molecule has 0 aromatic heterocycles. The van der Waals surface area contributed by atoms with E-state index in [-0.39, 0.29) is 0 Å². The van der Waals surface area contributed by atoms with Gasteiger partial charge in [-0.05, 0) is 29.9 Å². The first-order valence-electron chi connectivity index (χ1n) is 4.64. The van der Waals surface area contributed by atoms with Crippen molar-refractivity contribution in [3.05, 3.63) is 35.4 Å². The van der Waals surface area contributed by atoms with Crippen LogP contribution in [-0.4, -0.2) is 6.61 Å². The molecule has 1 aliphatic carbocycles. The molecule has 0 saturated carbocycles. The van der Waals surface area contributed by atoms with Gasteiger partial charge in [0.15, 0.2) is 0 Å². The lowest BCUT2D eigenvalue weighted by molar-refractivity contribution is 0.0991. The minimum atomic E-state index is 0.432. The molecule has 0 N–H and O–H groups in total. The zero-order valence-electron chi connectivity index (χ0n) is 6.99. The third-order valence-electron chi connectivity index (χ3n) is 3.06. The second-order valence-corrected chi connectivity index (χ2v) is 3.74. The maximum Gasteiger partial charge on any atom is 0.0859 e. The van der Waals surface area contributed by atoms with Gasteiger partial charge in [0.05, 0.1) is 6.10 Å². The van der Waals surface area contributed by atoms with Gasteiger partial charge in [0.25, 0.3) is 0 Å². The Hall–Kier alpha value is -0.820. The van der Waals surface area contributed by atoms with E-state index in [0.717, 1.165) is 12.5 Å². The maximum atomic E-state index is 5.70. The average molecular weight is 160 g/mol. The predicted octanol–water partition coefficient (Wildman–Crippen LogP) is 2.32. The predicted molar refractivity (Wildman–Crippen MR) is 46.9 cm³/mol. The van der Waals surface area contributed by atoms with Gasteiger partial charge in [0, 0.05) is 6.61 Å². The molecule has 2 aliphatic rings. The van der Waals surface area contributed by atoms with Crippen molar-refractivity contribution in [1.82, 2.24) is 0 Å². The highest BCUT2D eigenvalue weighted by Gasteiger charge is 2.36. The summed E-state index contributed by atoms with van der Waals surface area (Å²) in [5.74, 6) is 0.780. The zero-order valence-corrected chi connectivity index (χ0v) is 6.99. The number of hydrogen-bond acceptors (Lipinski definition) is 1. The van der Waals surface area contributed by atoms with Crippen LogP contribution in [0.25, 0.3) is 0 Å². The third kappa shape index (κ3) is 0.774. The molecular formula is C11H12O. The fourth-order valence-corrected chi connectivity index (χ4v) is 2.47. The summed E-state index contributed by atoms with van der Waals surface area (Å²) in [4.78, 5) is 0. The molecule has 1 nitrogen and oxygen atoms in total. The van der Waals surface area contributed by atoms with E-state index in [1.807, 2.05) is 0 Å². The van der Waals surface area contributed by atoms with Crippen LogP contribution in [0.15, 0.2) is 24.3 Å². The molecule has 1 aliphatic heterocycles. The molecule has 0 amide bonds. The van der Waals surface area contributed by atoms with Crippen LogP contribution in [0.4, 0.5) is 0 Å². The normalized spacial score (nSPS) is 31.7. The van der Waals surface area contributed by atoms with Crippen molar-refractivity contribution in [2.24, 2.45) is 5.92 Å². The second-order valence-electron chi connectivity index (χ2n) is 3.74. The van der Waals surface area contributed by atoms with E-state index in [2.05, 4.69) is 24.3 Å². The molecule has 2 atom stereocenters. The van der Waals surface area contributed by atoms with Crippen molar-refractivity contribution in [2.45, 2.75) is 18.9 Å². The van der Waals surface area contributed by atoms with Crippen molar-refractivity contribution < 1.29 is 4.74 Å². The summed E-state index contributed by atoms with van der Waals surface area (Å²) < 4.78 is 5.70. The lowest BCUT2D eigenvalue weighted by atomic mass is 10.0. The van der Waals surface area contributed by atoms with Gasteiger partial charge in [0.1, 0.15) is 0 Å². The largest absolute Gasteiger partial charge is 0.373 e. The summed E-state index contributed by atoms with van der Waals surface area (Å²) in [6.45, 7) is 0.962. The SMILES string of the molecule is c1ccc2c(c1)C[C@H]1CCO[C@@H]21. The summed E-state index contributed by atoms with van der Waals surface area (Å²) in [6.07, 6.45) is 2.92. The standard InChI is InChI=1S/C11H12O/c1-2-4-10-8(3-1)7-9-5-6-12-11(9)10/h1-4,9,11H,5-7H2/t9-,11-/m1/s1. The number of rotatable bonds is 0. The molecule has 12 heavy (non-hydrogen) atoms. The minimum absolute atomic E-state index is 0.432. The molecule has 0 unspecified atom stereocenters. The van der Waals surface area contributed by atoms with Crippen LogP contribution < -0.4 is 0 Å². The third-order valence-corrected chi connectivity index (χ3v) is 3.06. The van der Waals surface area contributed by atoms with E-state index < -0.39 is 0 Å². The Labute approximate surface area is 72.4 Å². The smallest absolute Gasteiger partial charge is 0.0859 e. The molecule has 1 aromatic rings. The lowest BCUT2D eigenvalue weighted by Gasteiger charge is -2.08. The van der Waals surface area contributed by atoms with E-state index in [0.29, 0.717) is 6.10 Å². The molecule has 0 radical (unpaired) electrons. The molecule has 62 valence electrons. The summed E-state index contributed by atoms with van der Waals surface area (Å²) in [6, 6.07) is 8.69. The van der Waals surface area contributed by atoms with E-state index in [1.54, 1.807) is 0 Å². The topological polar surface area (TPSA) is 9.23 Å². The Balaban J connectivity index is 2.09. The fourth-order valence-electron chi connectivity index (χ4n) is 2.47. The highest BCUT2D eigenvalue weighted by molar-refractivity contribution is 5.35. The number of benzene rings is 1. The van der Waals surface area contributed by atoms with Crippen LogP contribution in [0.5, 0.6) is 0 Å². The van der Waals surface area contributed by atoms with Gasteiger partial charge in [-0.15, -0.1) is 0 Å². The molecular weight excluding hydrogens is 148 g/mol.